The zero-order chi connectivity index (χ0) is 22.8. The summed E-state index contributed by atoms with van der Waals surface area (Å²) in [4.78, 5) is 35.3. The first-order valence-corrected chi connectivity index (χ1v) is 9.40. The summed E-state index contributed by atoms with van der Waals surface area (Å²) in [6.07, 6.45) is -6.34. The van der Waals surface area contributed by atoms with Crippen LogP contribution in [0.4, 0.5) is 0 Å². The molecule has 0 bridgehead atoms. The van der Waals surface area contributed by atoms with Crippen molar-refractivity contribution in [1.29, 1.82) is 0 Å². The van der Waals surface area contributed by atoms with Crippen molar-refractivity contribution in [2.24, 2.45) is 5.73 Å². The van der Waals surface area contributed by atoms with Crippen LogP contribution in [0.3, 0.4) is 0 Å². The minimum atomic E-state index is -2.16. The van der Waals surface area contributed by atoms with Crippen LogP contribution in [0.25, 0.3) is 0 Å². The van der Waals surface area contributed by atoms with E-state index >= 15 is 0 Å². The molecule has 168 valence electrons. The average Bonchev–Trinajstić information content (AvgIpc) is 2.74. The van der Waals surface area contributed by atoms with Crippen molar-refractivity contribution in [3.63, 3.8) is 0 Å². The van der Waals surface area contributed by atoms with Crippen LogP contribution in [0.5, 0.6) is 0 Å². The van der Waals surface area contributed by atoms with Crippen molar-refractivity contribution in [2.45, 2.75) is 56.2 Å². The van der Waals surface area contributed by atoms with Crippen molar-refractivity contribution < 1.29 is 39.9 Å². The molecule has 30 heavy (non-hydrogen) atoms. The Hall–Kier alpha value is -2.57. The van der Waals surface area contributed by atoms with Gasteiger partial charge in [0, 0.05) is 0 Å². The summed E-state index contributed by atoms with van der Waals surface area (Å²) in [5.74, 6) is -3.02. The second-order valence-electron chi connectivity index (χ2n) is 6.81. The monoisotopic (exact) mass is 427 g/mol. The number of aliphatic hydroxyl groups excluding tert-OH is 4. The van der Waals surface area contributed by atoms with Crippen LogP contribution in [-0.2, 0) is 14.4 Å². The van der Waals surface area contributed by atoms with E-state index in [0.717, 1.165) is 0 Å². The summed E-state index contributed by atoms with van der Waals surface area (Å²) >= 11 is 0. The summed E-state index contributed by atoms with van der Waals surface area (Å²) in [7, 11) is 0. The molecule has 1 aromatic carbocycles. The normalized spacial score (nSPS) is 17.1. The number of carbonyl (C=O) groups is 3. The smallest absolute Gasteiger partial charge is 0.305 e. The number of nitrogens with two attached hydrogens (primary N) is 1. The van der Waals surface area contributed by atoms with E-state index in [4.69, 9.17) is 10.8 Å². The number of amides is 2. The summed E-state index contributed by atoms with van der Waals surface area (Å²) < 4.78 is 0. The van der Waals surface area contributed by atoms with Crippen molar-refractivity contribution in [3.8, 4) is 0 Å². The minimum Gasteiger partial charge on any atom is -0.481 e. The van der Waals surface area contributed by atoms with Crippen LogP contribution >= 0.6 is 0 Å². The lowest BCUT2D eigenvalue weighted by molar-refractivity contribution is -0.145. The predicted molar refractivity (Wildman–Crippen MR) is 105 cm³/mol. The molecule has 0 unspecified atom stereocenters. The molecule has 0 spiro atoms. The molecule has 1 aromatic rings. The van der Waals surface area contributed by atoms with Crippen molar-refractivity contribution in [1.82, 2.24) is 10.6 Å². The van der Waals surface area contributed by atoms with E-state index in [-0.39, 0.29) is 6.42 Å². The largest absolute Gasteiger partial charge is 0.481 e. The molecule has 0 aliphatic heterocycles. The van der Waals surface area contributed by atoms with Gasteiger partial charge in [-0.05, 0) is 12.0 Å². The highest BCUT2D eigenvalue weighted by molar-refractivity contribution is 5.83. The Bertz CT molecular complexity index is 702. The van der Waals surface area contributed by atoms with Gasteiger partial charge < -0.3 is 41.9 Å². The Morgan fingerprint density at radius 2 is 1.60 bits per heavy atom. The molecule has 0 aliphatic rings. The average molecular weight is 427 g/mol. The van der Waals surface area contributed by atoms with Crippen molar-refractivity contribution in [2.75, 3.05) is 6.61 Å². The highest BCUT2D eigenvalue weighted by Gasteiger charge is 2.36. The summed E-state index contributed by atoms with van der Waals surface area (Å²) in [5.41, 5.74) is 6.02. The molecule has 9 N–H and O–H groups in total. The van der Waals surface area contributed by atoms with E-state index in [2.05, 4.69) is 10.6 Å². The highest BCUT2D eigenvalue weighted by Crippen LogP contribution is 2.17. The first kappa shape index (κ1) is 25.5. The maximum atomic E-state index is 12.3. The van der Waals surface area contributed by atoms with E-state index < -0.39 is 67.2 Å². The number of carboxylic acids is 1. The maximum Gasteiger partial charge on any atom is 0.305 e. The first-order valence-electron chi connectivity index (χ1n) is 9.40. The fourth-order valence-electron chi connectivity index (χ4n) is 2.66. The van der Waals surface area contributed by atoms with E-state index in [0.29, 0.717) is 5.56 Å². The van der Waals surface area contributed by atoms with Gasteiger partial charge in [-0.25, -0.2) is 0 Å². The SMILES string of the molecule is CC[C@H](N)C(=O)N[C@@H](CO)[C@@H](O)[C@@H](O)[C@H](O)C(=O)N[C@@H](CC(=O)O)c1ccccc1. The second kappa shape index (κ2) is 12.2. The molecular formula is C19H29N3O8. The number of carbonyl (C=O) groups excluding carboxylic acids is 2. The van der Waals surface area contributed by atoms with Gasteiger partial charge in [-0.15, -0.1) is 0 Å². The molecule has 11 nitrogen and oxygen atoms in total. The summed E-state index contributed by atoms with van der Waals surface area (Å²) in [5, 5.41) is 53.5. The van der Waals surface area contributed by atoms with E-state index in [1.54, 1.807) is 37.3 Å². The highest BCUT2D eigenvalue weighted by atomic mass is 16.4. The molecule has 6 atom stereocenters. The number of carboxylic acid groups (broad SMARTS) is 1. The van der Waals surface area contributed by atoms with Crippen molar-refractivity contribution in [3.05, 3.63) is 35.9 Å². The summed E-state index contributed by atoms with van der Waals surface area (Å²) in [6.45, 7) is 0.859. The summed E-state index contributed by atoms with van der Waals surface area (Å²) in [6, 6.07) is 4.86. The van der Waals surface area contributed by atoms with Crippen LogP contribution in [-0.4, -0.2) is 80.3 Å². The molecule has 0 aromatic heterocycles. The standard InChI is InChI=1S/C19H29N3O8/c1-2-11(20)18(29)22-13(9-23)15(26)16(27)17(28)19(30)21-12(8-14(24)25)10-6-4-3-5-7-10/h3-7,11-13,15-17,23,26-28H,2,8-9,20H2,1H3,(H,21,30)(H,22,29)(H,24,25)/t11-,12-,13-,15+,16+,17-/m0/s1. The Labute approximate surface area is 173 Å². The Morgan fingerprint density at radius 3 is 2.10 bits per heavy atom. The number of rotatable bonds is 12. The molecule has 0 saturated heterocycles. The molecular weight excluding hydrogens is 398 g/mol. The lowest BCUT2D eigenvalue weighted by Gasteiger charge is -2.30. The van der Waals surface area contributed by atoms with Gasteiger partial charge in [-0.1, -0.05) is 37.3 Å². The van der Waals surface area contributed by atoms with Gasteiger partial charge in [0.1, 0.15) is 12.2 Å². The first-order chi connectivity index (χ1) is 14.1. The molecule has 1 rings (SSSR count). The fourth-order valence-corrected chi connectivity index (χ4v) is 2.66. The van der Waals surface area contributed by atoms with Gasteiger partial charge in [0.15, 0.2) is 6.10 Å². The molecule has 11 heteroatoms. The van der Waals surface area contributed by atoms with Crippen LogP contribution in [0.15, 0.2) is 30.3 Å². The van der Waals surface area contributed by atoms with Gasteiger partial charge in [0.25, 0.3) is 5.91 Å². The lowest BCUT2D eigenvalue weighted by atomic mass is 9.99. The Morgan fingerprint density at radius 1 is 1.00 bits per heavy atom. The number of benzene rings is 1. The zero-order valence-electron chi connectivity index (χ0n) is 16.5. The minimum absolute atomic E-state index is 0.290. The number of aliphatic hydroxyl groups is 4. The predicted octanol–water partition coefficient (Wildman–Crippen LogP) is -2.38. The van der Waals surface area contributed by atoms with Gasteiger partial charge in [-0.3, -0.25) is 14.4 Å². The zero-order valence-corrected chi connectivity index (χ0v) is 16.5. The number of nitrogens with one attached hydrogen (secondary N) is 2. The lowest BCUT2D eigenvalue weighted by Crippen LogP contribution is -2.58. The van der Waals surface area contributed by atoms with Crippen LogP contribution in [0.2, 0.25) is 0 Å². The number of hydrogen-bond acceptors (Lipinski definition) is 8. The van der Waals surface area contributed by atoms with Crippen LogP contribution < -0.4 is 16.4 Å². The quantitative estimate of drug-likeness (QED) is 0.179. The van der Waals surface area contributed by atoms with Gasteiger partial charge in [-0.2, -0.15) is 0 Å². The van der Waals surface area contributed by atoms with Gasteiger partial charge in [0.2, 0.25) is 5.91 Å². The van der Waals surface area contributed by atoms with Crippen LogP contribution in [0.1, 0.15) is 31.4 Å². The maximum absolute atomic E-state index is 12.3. The molecule has 0 saturated carbocycles. The molecule has 2 amide bonds. The number of aliphatic carboxylic acids is 1. The van der Waals surface area contributed by atoms with Crippen molar-refractivity contribution >= 4 is 17.8 Å². The van der Waals surface area contributed by atoms with E-state index in [9.17, 15) is 34.8 Å². The van der Waals surface area contributed by atoms with Gasteiger partial charge in [0.05, 0.1) is 31.2 Å². The van der Waals surface area contributed by atoms with E-state index in [1.807, 2.05) is 0 Å². The van der Waals surface area contributed by atoms with Crippen LogP contribution in [0, 0.1) is 0 Å². The molecule has 0 aliphatic carbocycles. The Kier molecular flexibility index (Phi) is 10.4. The molecule has 0 radical (unpaired) electrons. The third-order valence-electron chi connectivity index (χ3n) is 4.55. The van der Waals surface area contributed by atoms with Gasteiger partial charge >= 0.3 is 5.97 Å². The van der Waals surface area contributed by atoms with E-state index in [1.165, 1.54) is 0 Å². The molecule has 0 fully saturated rings. The molecule has 0 heterocycles. The number of hydrogen-bond donors (Lipinski definition) is 8. The fraction of sp³-hybridized carbons (Fsp3) is 0.526. The topological polar surface area (TPSA) is 202 Å². The third-order valence-corrected chi connectivity index (χ3v) is 4.55. The Balaban J connectivity index is 2.85. The second-order valence-corrected chi connectivity index (χ2v) is 6.81. The third kappa shape index (κ3) is 7.35.